The molecule has 22 heavy (non-hydrogen) atoms. The lowest BCUT2D eigenvalue weighted by Gasteiger charge is -2.12. The molecule has 1 aromatic carbocycles. The second-order valence-electron chi connectivity index (χ2n) is 5.38. The van der Waals surface area contributed by atoms with E-state index in [2.05, 4.69) is 17.0 Å². The van der Waals surface area contributed by atoms with Gasteiger partial charge in [-0.05, 0) is 38.5 Å². The van der Waals surface area contributed by atoms with Crippen LogP contribution in [0, 0.1) is 0 Å². The van der Waals surface area contributed by atoms with Gasteiger partial charge in [0, 0.05) is 12.6 Å². The van der Waals surface area contributed by atoms with Crippen molar-refractivity contribution >= 4 is 27.5 Å². The van der Waals surface area contributed by atoms with E-state index in [-0.39, 0.29) is 27.4 Å². The molecule has 1 aromatic rings. The summed E-state index contributed by atoms with van der Waals surface area (Å²) in [5.41, 5.74) is 0.171. The van der Waals surface area contributed by atoms with Crippen LogP contribution >= 0.6 is 11.6 Å². The van der Waals surface area contributed by atoms with Crippen molar-refractivity contribution in [2.75, 3.05) is 6.54 Å². The van der Waals surface area contributed by atoms with Crippen LogP contribution in [-0.2, 0) is 10.0 Å². The molecule has 0 spiro atoms. The van der Waals surface area contributed by atoms with Gasteiger partial charge in [0.15, 0.2) is 0 Å². The van der Waals surface area contributed by atoms with Crippen LogP contribution in [0.25, 0.3) is 0 Å². The fraction of sp³-hybridized carbons (Fsp3) is 0.533. The highest BCUT2D eigenvalue weighted by atomic mass is 35.5. The Bertz CT molecular complexity index is 615. The molecule has 0 aromatic heterocycles. The van der Waals surface area contributed by atoms with Crippen LogP contribution in [0.3, 0.4) is 0 Å². The Kier molecular flexibility index (Phi) is 7.32. The van der Waals surface area contributed by atoms with Crippen LogP contribution < -0.4 is 10.0 Å². The molecule has 0 aliphatic heterocycles. The van der Waals surface area contributed by atoms with Crippen molar-refractivity contribution in [3.63, 3.8) is 0 Å². The van der Waals surface area contributed by atoms with E-state index < -0.39 is 10.0 Å². The molecule has 0 heterocycles. The second-order valence-corrected chi connectivity index (χ2v) is 7.50. The zero-order valence-corrected chi connectivity index (χ0v) is 14.7. The predicted molar refractivity (Wildman–Crippen MR) is 88.8 cm³/mol. The van der Waals surface area contributed by atoms with Crippen LogP contribution in [0.15, 0.2) is 23.1 Å². The van der Waals surface area contributed by atoms with E-state index in [1.54, 1.807) is 13.8 Å². The Balaban J connectivity index is 2.92. The number of hydrogen-bond acceptors (Lipinski definition) is 3. The van der Waals surface area contributed by atoms with Crippen LogP contribution in [0.5, 0.6) is 0 Å². The zero-order chi connectivity index (χ0) is 16.8. The molecule has 0 saturated carbocycles. The topological polar surface area (TPSA) is 75.3 Å². The molecule has 0 bridgehead atoms. The Morgan fingerprint density at radius 2 is 1.95 bits per heavy atom. The maximum absolute atomic E-state index is 12.1. The molecule has 0 saturated heterocycles. The average molecular weight is 347 g/mol. The quantitative estimate of drug-likeness (QED) is 0.710. The van der Waals surface area contributed by atoms with Gasteiger partial charge in [-0.3, -0.25) is 4.79 Å². The monoisotopic (exact) mass is 346 g/mol. The summed E-state index contributed by atoms with van der Waals surface area (Å²) in [4.78, 5) is 12.2. The van der Waals surface area contributed by atoms with Crippen molar-refractivity contribution in [2.24, 2.45) is 0 Å². The van der Waals surface area contributed by atoms with E-state index >= 15 is 0 Å². The summed E-state index contributed by atoms with van der Waals surface area (Å²) in [6.07, 6.45) is 2.97. The minimum atomic E-state index is -3.65. The molecule has 2 N–H and O–H groups in total. The summed E-state index contributed by atoms with van der Waals surface area (Å²) in [5, 5.41) is 2.99. The lowest BCUT2D eigenvalue weighted by molar-refractivity contribution is 0.0953. The normalized spacial score (nSPS) is 11.7. The fourth-order valence-electron chi connectivity index (χ4n) is 1.90. The van der Waals surface area contributed by atoms with Gasteiger partial charge in [-0.1, -0.05) is 31.4 Å². The van der Waals surface area contributed by atoms with Gasteiger partial charge in [-0.15, -0.1) is 0 Å². The highest BCUT2D eigenvalue weighted by Gasteiger charge is 2.19. The molecule has 0 unspecified atom stereocenters. The summed E-state index contributed by atoms with van der Waals surface area (Å²) >= 11 is 6.01. The summed E-state index contributed by atoms with van der Waals surface area (Å²) in [6, 6.07) is 3.90. The van der Waals surface area contributed by atoms with Gasteiger partial charge in [0.1, 0.15) is 0 Å². The third-order valence-corrected chi connectivity index (χ3v) is 4.94. The first-order valence-corrected chi connectivity index (χ1v) is 9.24. The molecule has 0 fully saturated rings. The van der Waals surface area contributed by atoms with E-state index in [0.29, 0.717) is 6.54 Å². The smallest absolute Gasteiger partial charge is 0.252 e. The van der Waals surface area contributed by atoms with Gasteiger partial charge >= 0.3 is 0 Å². The average Bonchev–Trinajstić information content (AvgIpc) is 2.42. The maximum Gasteiger partial charge on any atom is 0.252 e. The molecule has 1 amide bonds. The molecule has 0 atom stereocenters. The Labute approximate surface area is 137 Å². The van der Waals surface area contributed by atoms with Crippen molar-refractivity contribution in [3.05, 3.63) is 28.8 Å². The molecular formula is C15H23ClN2O3S. The SMILES string of the molecule is CCCCCNC(=O)c1cc(S(=O)(=O)NC(C)C)ccc1Cl. The third kappa shape index (κ3) is 5.59. The number of unbranched alkanes of at least 4 members (excludes halogenated alkanes) is 2. The first kappa shape index (κ1) is 18.9. The van der Waals surface area contributed by atoms with Crippen molar-refractivity contribution in [2.45, 2.75) is 51.0 Å². The first-order valence-electron chi connectivity index (χ1n) is 7.38. The van der Waals surface area contributed by atoms with Crippen LogP contribution in [0.1, 0.15) is 50.4 Å². The molecule has 5 nitrogen and oxygen atoms in total. The van der Waals surface area contributed by atoms with Crippen LogP contribution in [-0.4, -0.2) is 26.9 Å². The standard InChI is InChI=1S/C15H23ClN2O3S/c1-4-5-6-9-17-15(19)13-10-12(7-8-14(13)16)22(20,21)18-11(2)3/h7-8,10-11,18H,4-6,9H2,1-3H3,(H,17,19). The molecule has 0 aliphatic carbocycles. The van der Waals surface area contributed by atoms with Gasteiger partial charge in [0.05, 0.1) is 15.5 Å². The number of sulfonamides is 1. The highest BCUT2D eigenvalue weighted by molar-refractivity contribution is 7.89. The second kappa shape index (κ2) is 8.50. The lowest BCUT2D eigenvalue weighted by atomic mass is 10.2. The number of benzene rings is 1. The summed E-state index contributed by atoms with van der Waals surface area (Å²) < 4.78 is 26.8. The Morgan fingerprint density at radius 1 is 1.27 bits per heavy atom. The molecule has 7 heteroatoms. The van der Waals surface area contributed by atoms with Crippen molar-refractivity contribution in [3.8, 4) is 0 Å². The lowest BCUT2D eigenvalue weighted by Crippen LogP contribution is -2.30. The minimum Gasteiger partial charge on any atom is -0.352 e. The molecular weight excluding hydrogens is 324 g/mol. The summed E-state index contributed by atoms with van der Waals surface area (Å²) in [7, 11) is -3.65. The highest BCUT2D eigenvalue weighted by Crippen LogP contribution is 2.20. The summed E-state index contributed by atoms with van der Waals surface area (Å²) in [6.45, 7) is 6.09. The van der Waals surface area contributed by atoms with Gasteiger partial charge in [-0.2, -0.15) is 0 Å². The Hall–Kier alpha value is -1.11. The largest absolute Gasteiger partial charge is 0.352 e. The number of nitrogens with one attached hydrogen (secondary N) is 2. The molecule has 1 rings (SSSR count). The van der Waals surface area contributed by atoms with E-state index in [4.69, 9.17) is 11.6 Å². The minimum absolute atomic E-state index is 0.0318. The number of rotatable bonds is 8. The van der Waals surface area contributed by atoms with E-state index in [0.717, 1.165) is 19.3 Å². The summed E-state index contributed by atoms with van der Waals surface area (Å²) in [5.74, 6) is -0.359. The van der Waals surface area contributed by atoms with Crippen LogP contribution in [0.2, 0.25) is 5.02 Å². The maximum atomic E-state index is 12.1. The van der Waals surface area contributed by atoms with Gasteiger partial charge < -0.3 is 5.32 Å². The fourth-order valence-corrected chi connectivity index (χ4v) is 3.38. The molecule has 0 radical (unpaired) electrons. The first-order chi connectivity index (χ1) is 10.3. The van der Waals surface area contributed by atoms with Gasteiger partial charge in [0.25, 0.3) is 5.91 Å². The van der Waals surface area contributed by atoms with E-state index in [1.165, 1.54) is 18.2 Å². The van der Waals surface area contributed by atoms with Crippen molar-refractivity contribution in [1.29, 1.82) is 0 Å². The van der Waals surface area contributed by atoms with E-state index in [1.807, 2.05) is 0 Å². The number of halogens is 1. The number of hydrogen-bond donors (Lipinski definition) is 2. The number of amides is 1. The van der Waals surface area contributed by atoms with Crippen LogP contribution in [0.4, 0.5) is 0 Å². The van der Waals surface area contributed by atoms with E-state index in [9.17, 15) is 13.2 Å². The van der Waals surface area contributed by atoms with Crippen molar-refractivity contribution < 1.29 is 13.2 Å². The van der Waals surface area contributed by atoms with Gasteiger partial charge in [-0.25, -0.2) is 13.1 Å². The zero-order valence-electron chi connectivity index (χ0n) is 13.1. The number of carbonyl (C=O) groups is 1. The third-order valence-electron chi connectivity index (χ3n) is 2.95. The van der Waals surface area contributed by atoms with Gasteiger partial charge in [0.2, 0.25) is 10.0 Å². The molecule has 124 valence electrons. The number of carbonyl (C=O) groups excluding carboxylic acids is 1. The Morgan fingerprint density at radius 3 is 2.55 bits per heavy atom. The van der Waals surface area contributed by atoms with Crippen molar-refractivity contribution in [1.82, 2.24) is 10.0 Å². The predicted octanol–water partition coefficient (Wildman–Crippen LogP) is 2.95. The molecule has 0 aliphatic rings.